The lowest BCUT2D eigenvalue weighted by Crippen LogP contribution is -2.44. The van der Waals surface area contributed by atoms with Crippen molar-refractivity contribution in [2.45, 2.75) is 6.04 Å². The molecule has 0 radical (unpaired) electrons. The van der Waals surface area contributed by atoms with E-state index in [1.54, 1.807) is 0 Å². The van der Waals surface area contributed by atoms with Crippen LogP contribution in [-0.4, -0.2) is 40.0 Å². The maximum absolute atomic E-state index is 12.1. The Morgan fingerprint density at radius 1 is 1.64 bits per heavy atom. The average molecular weight is 183 g/mol. The van der Waals surface area contributed by atoms with Crippen molar-refractivity contribution in [1.29, 1.82) is 0 Å². The molecule has 1 saturated heterocycles. The summed E-state index contributed by atoms with van der Waals surface area (Å²) in [6.07, 6.45) is 0. The summed E-state index contributed by atoms with van der Waals surface area (Å²) in [5.74, 6) is -0.493. The molecule has 1 unspecified atom stereocenters. The van der Waals surface area contributed by atoms with Gasteiger partial charge in [-0.05, 0) is 0 Å². The van der Waals surface area contributed by atoms with Gasteiger partial charge >= 0.3 is 10.2 Å². The highest BCUT2D eigenvalue weighted by Gasteiger charge is 2.20. The van der Waals surface area contributed by atoms with E-state index in [-0.39, 0.29) is 6.61 Å². The van der Waals surface area contributed by atoms with Gasteiger partial charge in [0, 0.05) is 12.6 Å². The number of hydrogen-bond acceptors (Lipinski definition) is 4. The van der Waals surface area contributed by atoms with Crippen LogP contribution in [0, 0.1) is 0 Å². The third-order valence-electron chi connectivity index (χ3n) is 1.40. The minimum Gasteiger partial charge on any atom is -0.378 e. The normalized spacial score (nSPS) is 26.8. The average Bonchev–Trinajstić information content (AvgIpc) is 1.85. The van der Waals surface area contributed by atoms with E-state index in [1.165, 1.54) is 0 Å². The number of hydrogen-bond donors (Lipinski definition) is 1. The van der Waals surface area contributed by atoms with Crippen LogP contribution in [0.2, 0.25) is 0 Å². The van der Waals surface area contributed by atoms with Crippen LogP contribution in [0.15, 0.2) is 0 Å². The minimum atomic E-state index is -4.37. The van der Waals surface area contributed by atoms with Crippen molar-refractivity contribution in [1.82, 2.24) is 5.32 Å². The minimum absolute atomic E-state index is 0.267. The molecule has 0 bridgehead atoms. The van der Waals surface area contributed by atoms with Gasteiger partial charge in [0.1, 0.15) is 0 Å². The van der Waals surface area contributed by atoms with Crippen LogP contribution < -0.4 is 5.32 Å². The summed E-state index contributed by atoms with van der Waals surface area (Å²) in [6, 6.07) is -0.390. The molecule has 0 aromatic heterocycles. The summed E-state index contributed by atoms with van der Waals surface area (Å²) in [5, 5.41) is 2.83. The molecule has 6 heteroatoms. The summed E-state index contributed by atoms with van der Waals surface area (Å²) in [5.41, 5.74) is 0. The molecule has 1 fully saturated rings. The zero-order chi connectivity index (χ0) is 8.32. The lowest BCUT2D eigenvalue weighted by atomic mass is 10.3. The topological polar surface area (TPSA) is 55.4 Å². The molecule has 1 atom stereocenters. The number of morpholine rings is 1. The summed E-state index contributed by atoms with van der Waals surface area (Å²) in [7, 11) is -4.37. The van der Waals surface area contributed by atoms with E-state index in [0.29, 0.717) is 13.2 Å². The molecule has 0 aromatic carbocycles. The Balaban J connectivity index is 2.36. The summed E-state index contributed by atoms with van der Waals surface area (Å²) < 4.78 is 37.3. The van der Waals surface area contributed by atoms with Gasteiger partial charge in [-0.2, -0.15) is 8.42 Å². The van der Waals surface area contributed by atoms with E-state index >= 15 is 0 Å². The maximum Gasteiger partial charge on any atom is 0.304 e. The monoisotopic (exact) mass is 183 g/mol. The van der Waals surface area contributed by atoms with Crippen molar-refractivity contribution < 1.29 is 17.0 Å². The number of nitrogens with one attached hydrogen (secondary N) is 1. The van der Waals surface area contributed by atoms with Crippen LogP contribution in [0.5, 0.6) is 0 Å². The SMILES string of the molecule is O=S(=O)(F)CC1COCCN1. The fourth-order valence-electron chi connectivity index (χ4n) is 0.967. The third kappa shape index (κ3) is 3.64. The van der Waals surface area contributed by atoms with Gasteiger partial charge in [-0.25, -0.2) is 0 Å². The van der Waals surface area contributed by atoms with E-state index in [4.69, 9.17) is 4.74 Å². The quantitative estimate of drug-likeness (QED) is 0.574. The Kier molecular flexibility index (Phi) is 2.80. The predicted molar refractivity (Wildman–Crippen MR) is 37.5 cm³/mol. The van der Waals surface area contributed by atoms with Crippen molar-refractivity contribution in [3.05, 3.63) is 0 Å². The molecule has 1 N–H and O–H groups in total. The second-order valence-corrected chi connectivity index (χ2v) is 3.84. The molecule has 4 nitrogen and oxygen atoms in total. The Bertz CT molecular complexity index is 210. The van der Waals surface area contributed by atoms with Gasteiger partial charge in [-0.1, -0.05) is 0 Å². The van der Waals surface area contributed by atoms with Gasteiger partial charge in [0.05, 0.1) is 19.0 Å². The first-order valence-electron chi connectivity index (χ1n) is 3.31. The summed E-state index contributed by atoms with van der Waals surface area (Å²) in [4.78, 5) is 0. The van der Waals surface area contributed by atoms with E-state index in [2.05, 4.69) is 5.32 Å². The van der Waals surface area contributed by atoms with E-state index in [1.807, 2.05) is 0 Å². The first-order chi connectivity index (χ1) is 5.08. The van der Waals surface area contributed by atoms with E-state index < -0.39 is 22.0 Å². The van der Waals surface area contributed by atoms with Gasteiger partial charge < -0.3 is 10.1 Å². The smallest absolute Gasteiger partial charge is 0.304 e. The lowest BCUT2D eigenvalue weighted by molar-refractivity contribution is 0.0830. The molecule has 1 rings (SSSR count). The second-order valence-electron chi connectivity index (χ2n) is 2.43. The first-order valence-corrected chi connectivity index (χ1v) is 4.87. The summed E-state index contributed by atoms with van der Waals surface area (Å²) >= 11 is 0. The van der Waals surface area contributed by atoms with E-state index in [9.17, 15) is 12.3 Å². The highest BCUT2D eigenvalue weighted by molar-refractivity contribution is 7.86. The number of rotatable bonds is 2. The molecule has 0 spiro atoms. The zero-order valence-corrected chi connectivity index (χ0v) is 6.73. The lowest BCUT2D eigenvalue weighted by Gasteiger charge is -2.21. The van der Waals surface area contributed by atoms with Crippen molar-refractivity contribution in [3.8, 4) is 0 Å². The van der Waals surface area contributed by atoms with Crippen LogP contribution in [0.1, 0.15) is 0 Å². The molecular weight excluding hydrogens is 173 g/mol. The van der Waals surface area contributed by atoms with Crippen molar-refractivity contribution in [2.24, 2.45) is 0 Å². The molecular formula is C5H10FNO3S. The molecule has 1 aliphatic rings. The van der Waals surface area contributed by atoms with Gasteiger partial charge in [0.25, 0.3) is 0 Å². The molecule has 0 aliphatic carbocycles. The third-order valence-corrected chi connectivity index (χ3v) is 2.20. The zero-order valence-electron chi connectivity index (χ0n) is 5.92. The highest BCUT2D eigenvalue weighted by atomic mass is 32.3. The fourth-order valence-corrected chi connectivity index (χ4v) is 1.66. The molecule has 1 aliphatic heterocycles. The van der Waals surface area contributed by atoms with Crippen LogP contribution in [0.25, 0.3) is 0 Å². The Morgan fingerprint density at radius 2 is 2.36 bits per heavy atom. The van der Waals surface area contributed by atoms with Gasteiger partial charge in [-0.15, -0.1) is 3.89 Å². The molecule has 0 saturated carbocycles. The summed E-state index contributed by atoms with van der Waals surface area (Å²) in [6.45, 7) is 1.41. The van der Waals surface area contributed by atoms with Crippen LogP contribution >= 0.6 is 0 Å². The van der Waals surface area contributed by atoms with Gasteiger partial charge in [-0.3, -0.25) is 0 Å². The van der Waals surface area contributed by atoms with Crippen LogP contribution in [-0.2, 0) is 15.0 Å². The molecule has 0 amide bonds. The maximum atomic E-state index is 12.1. The Labute approximate surface area is 64.9 Å². The molecule has 66 valence electrons. The van der Waals surface area contributed by atoms with Crippen molar-refractivity contribution >= 4 is 10.2 Å². The van der Waals surface area contributed by atoms with Crippen LogP contribution in [0.4, 0.5) is 3.89 Å². The van der Waals surface area contributed by atoms with E-state index in [0.717, 1.165) is 0 Å². The predicted octanol–water partition coefficient (Wildman–Crippen LogP) is -0.726. The highest BCUT2D eigenvalue weighted by Crippen LogP contribution is 1.99. The number of halogens is 1. The molecule has 1 heterocycles. The Morgan fingerprint density at radius 3 is 2.82 bits per heavy atom. The number of ether oxygens (including phenoxy) is 1. The molecule has 0 aromatic rings. The van der Waals surface area contributed by atoms with Crippen molar-refractivity contribution in [3.63, 3.8) is 0 Å². The van der Waals surface area contributed by atoms with Crippen molar-refractivity contribution in [2.75, 3.05) is 25.5 Å². The first kappa shape index (κ1) is 8.89. The largest absolute Gasteiger partial charge is 0.378 e. The molecule has 11 heavy (non-hydrogen) atoms. The van der Waals surface area contributed by atoms with Gasteiger partial charge in [0.2, 0.25) is 0 Å². The second kappa shape index (κ2) is 3.46. The Hall–Kier alpha value is -0.200. The fraction of sp³-hybridized carbons (Fsp3) is 1.00. The van der Waals surface area contributed by atoms with Crippen LogP contribution in [0.3, 0.4) is 0 Å². The van der Waals surface area contributed by atoms with Gasteiger partial charge in [0.15, 0.2) is 0 Å². The standard InChI is InChI=1S/C5H10FNO3S/c6-11(8,9)4-5-3-10-2-1-7-5/h5,7H,1-4H2.